The lowest BCUT2D eigenvalue weighted by Gasteiger charge is -2.09. The second-order valence-corrected chi connectivity index (χ2v) is 15.4. The Morgan fingerprint density at radius 3 is 1.35 bits per heavy atom. The van der Waals surface area contributed by atoms with Crippen LogP contribution in [0.5, 0.6) is 11.5 Å². The van der Waals surface area contributed by atoms with Crippen LogP contribution in [0.3, 0.4) is 0 Å². The van der Waals surface area contributed by atoms with Gasteiger partial charge in [-0.15, -0.1) is 0 Å². The number of aromatic nitrogens is 8. The molecule has 10 heteroatoms. The van der Waals surface area contributed by atoms with Crippen molar-refractivity contribution in [3.05, 3.63) is 145 Å². The molecule has 8 bridgehead atoms. The number of imidazole rings is 2. The summed E-state index contributed by atoms with van der Waals surface area (Å²) in [6, 6.07) is 29.4. The van der Waals surface area contributed by atoms with Gasteiger partial charge >= 0.3 is 0 Å². The molecule has 2 aromatic carbocycles. The molecule has 5 aromatic heterocycles. The largest absolute Gasteiger partial charge is 0.494 e. The molecule has 302 valence electrons. The third-order valence-electron chi connectivity index (χ3n) is 11.0. The molecule has 2 aliphatic heterocycles. The van der Waals surface area contributed by atoms with E-state index in [1.807, 2.05) is 37.4 Å². The summed E-state index contributed by atoms with van der Waals surface area (Å²) in [6.45, 7) is 3.43. The third kappa shape index (κ3) is 9.67. The van der Waals surface area contributed by atoms with Crippen LogP contribution in [0.4, 0.5) is 0 Å². The molecule has 0 saturated heterocycles. The third-order valence-corrected chi connectivity index (χ3v) is 11.0. The van der Waals surface area contributed by atoms with Gasteiger partial charge in [-0.3, -0.25) is 0 Å². The number of rotatable bonds is 18. The van der Waals surface area contributed by atoms with E-state index in [1.165, 1.54) is 12.8 Å². The van der Waals surface area contributed by atoms with Gasteiger partial charge in [-0.05, 0) is 122 Å². The van der Waals surface area contributed by atoms with Crippen LogP contribution < -0.4 is 9.47 Å². The van der Waals surface area contributed by atoms with Crippen molar-refractivity contribution < 1.29 is 9.47 Å². The molecule has 2 aliphatic rings. The Kier molecular flexibility index (Phi) is 12.1. The second-order valence-electron chi connectivity index (χ2n) is 15.4. The number of nitrogens with one attached hydrogen (secondary N) is 2. The molecule has 0 fully saturated rings. The number of fused-ring (bicyclic) bond motifs is 8. The quantitative estimate of drug-likeness (QED) is 0.0837. The molecule has 0 atom stereocenters. The van der Waals surface area contributed by atoms with Crippen LogP contribution in [0.2, 0.25) is 0 Å². The SMILES string of the molecule is C1=Cc2nc1cc1ccc([nH]1)c(-c1ccc(OCCCCCCn3ccnc3)cc1)c1nc(cc3ccc([nH]3)c2-c2ccc(OCCCCCCn3ccnc3)cc2)C=C1. The minimum absolute atomic E-state index is 0.703. The predicted octanol–water partition coefficient (Wildman–Crippen LogP) is 11.7. The van der Waals surface area contributed by atoms with Crippen LogP contribution in [-0.4, -0.2) is 52.3 Å². The minimum Gasteiger partial charge on any atom is -0.494 e. The fourth-order valence-corrected chi connectivity index (χ4v) is 7.83. The smallest absolute Gasteiger partial charge is 0.119 e. The average molecular weight is 795 g/mol. The van der Waals surface area contributed by atoms with Crippen molar-refractivity contribution in [3.8, 4) is 33.8 Å². The Hall–Kier alpha value is -6.94. The lowest BCUT2D eigenvalue weighted by molar-refractivity contribution is 0.304. The summed E-state index contributed by atoms with van der Waals surface area (Å²) < 4.78 is 16.6. The molecule has 0 amide bonds. The summed E-state index contributed by atoms with van der Waals surface area (Å²) in [4.78, 5) is 25.8. The van der Waals surface area contributed by atoms with Crippen LogP contribution in [-0.2, 0) is 13.1 Å². The van der Waals surface area contributed by atoms with Gasteiger partial charge in [-0.1, -0.05) is 49.9 Å². The fourth-order valence-electron chi connectivity index (χ4n) is 7.83. The molecule has 9 rings (SSSR count). The molecule has 0 spiro atoms. The zero-order valence-electron chi connectivity index (χ0n) is 33.8. The predicted molar refractivity (Wildman–Crippen MR) is 242 cm³/mol. The standard InChI is InChI=1S/C50H50N8O2/c1(5-27-57-29-25-51-35-57)3-7-31-59-43-17-9-37(10-18-43)49-45-21-13-39(53-45)33-41-15-23-47(55-41)50(48-24-16-42(56-48)34-40-14-22-46(49)54-40)38-11-19-44(20-12-38)60-32-8-4-2-6-28-58-30-26-52-36-58/h9-26,29-30,33-36,53,56H,1-8,27-28,31-32H2. The first-order chi connectivity index (χ1) is 29.7. The molecule has 0 aliphatic carbocycles. The lowest BCUT2D eigenvalue weighted by Crippen LogP contribution is -1.98. The molecule has 7 aromatic rings. The van der Waals surface area contributed by atoms with Crippen molar-refractivity contribution in [2.24, 2.45) is 0 Å². The van der Waals surface area contributed by atoms with Gasteiger partial charge in [0.25, 0.3) is 0 Å². The molecule has 2 N–H and O–H groups in total. The second kappa shape index (κ2) is 18.8. The van der Waals surface area contributed by atoms with E-state index in [0.717, 1.165) is 130 Å². The molecule has 0 unspecified atom stereocenters. The number of H-pyrrole nitrogens is 2. The molecule has 7 heterocycles. The van der Waals surface area contributed by atoms with Crippen molar-refractivity contribution in [1.29, 1.82) is 0 Å². The Bertz CT molecular complexity index is 2520. The monoisotopic (exact) mass is 794 g/mol. The first kappa shape index (κ1) is 38.6. The van der Waals surface area contributed by atoms with Crippen molar-refractivity contribution >= 4 is 46.4 Å². The van der Waals surface area contributed by atoms with Gasteiger partial charge in [0, 0.05) is 71.1 Å². The van der Waals surface area contributed by atoms with Crippen molar-refractivity contribution in [2.45, 2.75) is 64.5 Å². The van der Waals surface area contributed by atoms with Gasteiger partial charge in [0.2, 0.25) is 0 Å². The first-order valence-corrected chi connectivity index (χ1v) is 21.2. The molecule has 60 heavy (non-hydrogen) atoms. The van der Waals surface area contributed by atoms with E-state index < -0.39 is 0 Å². The number of unbranched alkanes of at least 4 members (excludes halogenated alkanes) is 6. The van der Waals surface area contributed by atoms with E-state index in [2.05, 4.69) is 138 Å². The average Bonchev–Trinajstić information content (AvgIpc) is 4.13. The highest BCUT2D eigenvalue weighted by Crippen LogP contribution is 2.33. The molecule has 10 nitrogen and oxygen atoms in total. The summed E-state index contributed by atoms with van der Waals surface area (Å²) in [5.41, 5.74) is 11.6. The molecule has 0 saturated carbocycles. The van der Waals surface area contributed by atoms with Gasteiger partial charge in [-0.2, -0.15) is 0 Å². The zero-order chi connectivity index (χ0) is 40.4. The Morgan fingerprint density at radius 2 is 0.917 bits per heavy atom. The Labute approximate surface area is 350 Å². The molecular weight excluding hydrogens is 745 g/mol. The van der Waals surface area contributed by atoms with Gasteiger partial charge in [0.05, 0.1) is 48.6 Å². The number of hydrogen-bond donors (Lipinski definition) is 2. The maximum atomic E-state index is 6.14. The van der Waals surface area contributed by atoms with Gasteiger partial charge in [0.1, 0.15) is 11.5 Å². The number of nitrogens with zero attached hydrogens (tertiary/aromatic N) is 6. The van der Waals surface area contributed by atoms with E-state index in [-0.39, 0.29) is 0 Å². The van der Waals surface area contributed by atoms with Crippen LogP contribution in [0, 0.1) is 0 Å². The van der Waals surface area contributed by atoms with Crippen molar-refractivity contribution in [3.63, 3.8) is 0 Å². The molecule has 0 radical (unpaired) electrons. The van der Waals surface area contributed by atoms with Gasteiger partial charge in [0.15, 0.2) is 0 Å². The number of aromatic amines is 2. The first-order valence-electron chi connectivity index (χ1n) is 21.2. The Balaban J connectivity index is 0.924. The molecular formula is C50H50N8O2. The number of hydrogen-bond acceptors (Lipinski definition) is 6. The van der Waals surface area contributed by atoms with Crippen LogP contribution in [0.1, 0.15) is 74.1 Å². The summed E-state index contributed by atoms with van der Waals surface area (Å²) in [5.74, 6) is 1.74. The van der Waals surface area contributed by atoms with Gasteiger partial charge < -0.3 is 28.6 Å². The topological polar surface area (TPSA) is 111 Å². The summed E-state index contributed by atoms with van der Waals surface area (Å²) >= 11 is 0. The van der Waals surface area contributed by atoms with E-state index >= 15 is 0 Å². The normalized spacial score (nSPS) is 12.0. The Morgan fingerprint density at radius 1 is 0.467 bits per heavy atom. The van der Waals surface area contributed by atoms with E-state index in [1.54, 1.807) is 0 Å². The highest BCUT2D eigenvalue weighted by atomic mass is 16.5. The van der Waals surface area contributed by atoms with Crippen LogP contribution in [0.25, 0.3) is 68.6 Å². The summed E-state index contributed by atoms with van der Waals surface area (Å²) in [6.07, 6.45) is 28.8. The lowest BCUT2D eigenvalue weighted by atomic mass is 10.0. The highest BCUT2D eigenvalue weighted by molar-refractivity contribution is 5.93. The van der Waals surface area contributed by atoms with E-state index in [0.29, 0.717) is 13.2 Å². The summed E-state index contributed by atoms with van der Waals surface area (Å²) in [7, 11) is 0. The number of aryl methyl sites for hydroxylation is 2. The minimum atomic E-state index is 0.703. The van der Waals surface area contributed by atoms with Crippen LogP contribution >= 0.6 is 0 Å². The maximum Gasteiger partial charge on any atom is 0.119 e. The number of benzene rings is 2. The zero-order valence-corrected chi connectivity index (χ0v) is 33.8. The summed E-state index contributed by atoms with van der Waals surface area (Å²) in [5, 5.41) is 0. The highest BCUT2D eigenvalue weighted by Gasteiger charge is 2.14. The number of ether oxygens (including phenoxy) is 2. The van der Waals surface area contributed by atoms with E-state index in [9.17, 15) is 0 Å². The van der Waals surface area contributed by atoms with Gasteiger partial charge in [-0.25, -0.2) is 19.9 Å². The van der Waals surface area contributed by atoms with Crippen molar-refractivity contribution in [1.82, 2.24) is 39.0 Å². The van der Waals surface area contributed by atoms with Crippen molar-refractivity contribution in [2.75, 3.05) is 13.2 Å². The van der Waals surface area contributed by atoms with E-state index in [4.69, 9.17) is 19.4 Å². The fraction of sp³-hybridized carbons (Fsp3) is 0.240. The van der Waals surface area contributed by atoms with Crippen LogP contribution in [0.15, 0.2) is 122 Å². The maximum absolute atomic E-state index is 6.14.